The van der Waals surface area contributed by atoms with Crippen LogP contribution in [0.15, 0.2) is 59.5 Å². The Morgan fingerprint density at radius 2 is 1.67 bits per heavy atom. The van der Waals surface area contributed by atoms with Crippen LogP contribution in [0.1, 0.15) is 73.8 Å². The molecule has 2 amide bonds. The highest BCUT2D eigenvalue weighted by Crippen LogP contribution is 2.39. The first kappa shape index (κ1) is 24.7. The van der Waals surface area contributed by atoms with Gasteiger partial charge in [-0.05, 0) is 80.6 Å². The lowest BCUT2D eigenvalue weighted by Crippen LogP contribution is -2.29. The van der Waals surface area contributed by atoms with E-state index in [-0.39, 0.29) is 42.0 Å². The molecule has 0 bridgehead atoms. The zero-order valence-electron chi connectivity index (χ0n) is 22.0. The minimum absolute atomic E-state index is 0.0476. The van der Waals surface area contributed by atoms with Gasteiger partial charge < -0.3 is 9.30 Å². The normalized spacial score (nSPS) is 14.7. The molecule has 3 heterocycles. The number of aromatic nitrogens is 2. The van der Waals surface area contributed by atoms with Gasteiger partial charge in [0.2, 0.25) is 5.43 Å². The average molecular weight is 522 g/mol. The summed E-state index contributed by atoms with van der Waals surface area (Å²) < 4.78 is 7.18. The van der Waals surface area contributed by atoms with Gasteiger partial charge in [-0.25, -0.2) is 4.79 Å². The van der Waals surface area contributed by atoms with E-state index in [0.29, 0.717) is 22.2 Å². The molecular formula is C31H27N3O5. The first-order valence-electron chi connectivity index (χ1n) is 13.1. The summed E-state index contributed by atoms with van der Waals surface area (Å²) in [5.74, 6) is -1.26. The molecule has 2 aromatic carbocycles. The first-order valence-corrected chi connectivity index (χ1v) is 13.1. The highest BCUT2D eigenvalue weighted by Gasteiger charge is 2.35. The van der Waals surface area contributed by atoms with Gasteiger partial charge in [0.25, 0.3) is 11.8 Å². The van der Waals surface area contributed by atoms with Gasteiger partial charge in [0.05, 0.1) is 35.5 Å². The highest BCUT2D eigenvalue weighted by atomic mass is 16.5. The van der Waals surface area contributed by atoms with E-state index in [0.717, 1.165) is 40.7 Å². The molecule has 8 nitrogen and oxygen atoms in total. The number of nitrogens with zero attached hydrogens (tertiary/aromatic N) is 3. The van der Waals surface area contributed by atoms with Crippen LogP contribution in [-0.2, 0) is 11.3 Å². The van der Waals surface area contributed by atoms with E-state index < -0.39 is 5.97 Å². The molecule has 0 radical (unpaired) electrons. The quantitative estimate of drug-likeness (QED) is 0.262. The fourth-order valence-corrected chi connectivity index (χ4v) is 5.45. The van der Waals surface area contributed by atoms with Crippen molar-refractivity contribution < 1.29 is 19.1 Å². The number of carbonyl (C=O) groups is 3. The van der Waals surface area contributed by atoms with Crippen molar-refractivity contribution >= 4 is 28.7 Å². The number of ether oxygens (including phenoxy) is 1. The number of hydrogen-bond acceptors (Lipinski definition) is 6. The maximum atomic E-state index is 13.3. The van der Waals surface area contributed by atoms with E-state index in [1.165, 1.54) is 4.90 Å². The molecule has 0 spiro atoms. The number of amides is 2. The Kier molecular flexibility index (Phi) is 5.90. The van der Waals surface area contributed by atoms with E-state index in [4.69, 9.17) is 4.74 Å². The van der Waals surface area contributed by atoms with Crippen molar-refractivity contribution in [2.75, 3.05) is 6.61 Å². The minimum Gasteiger partial charge on any atom is -0.462 e. The van der Waals surface area contributed by atoms with E-state index in [2.05, 4.69) is 4.98 Å². The molecule has 0 atom stereocenters. The van der Waals surface area contributed by atoms with Crippen molar-refractivity contribution in [3.05, 3.63) is 98.6 Å². The van der Waals surface area contributed by atoms with Crippen LogP contribution in [0.4, 0.5) is 0 Å². The predicted octanol–water partition coefficient (Wildman–Crippen LogP) is 4.99. The third kappa shape index (κ3) is 4.12. The van der Waals surface area contributed by atoms with Crippen LogP contribution in [0.3, 0.4) is 0 Å². The maximum absolute atomic E-state index is 13.3. The van der Waals surface area contributed by atoms with E-state index in [1.807, 2.05) is 36.6 Å². The molecule has 2 aromatic heterocycles. The third-order valence-electron chi connectivity index (χ3n) is 7.40. The second-order valence-corrected chi connectivity index (χ2v) is 10.1. The smallest absolute Gasteiger partial charge is 0.343 e. The summed E-state index contributed by atoms with van der Waals surface area (Å²) in [7, 11) is 0. The monoisotopic (exact) mass is 521 g/mol. The van der Waals surface area contributed by atoms with Crippen LogP contribution in [0.25, 0.3) is 22.0 Å². The van der Waals surface area contributed by atoms with Crippen molar-refractivity contribution in [1.29, 1.82) is 0 Å². The fraction of sp³-hybridized carbons (Fsp3) is 0.258. The van der Waals surface area contributed by atoms with Crippen LogP contribution in [0.2, 0.25) is 0 Å². The Morgan fingerprint density at radius 3 is 2.31 bits per heavy atom. The maximum Gasteiger partial charge on any atom is 0.343 e. The molecule has 6 rings (SSSR count). The zero-order chi connectivity index (χ0) is 27.4. The van der Waals surface area contributed by atoms with Crippen molar-refractivity contribution in [3.63, 3.8) is 0 Å². The number of aryl methyl sites for hydroxylation is 2. The second-order valence-electron chi connectivity index (χ2n) is 10.1. The molecule has 1 fully saturated rings. The molecule has 8 heteroatoms. The van der Waals surface area contributed by atoms with Crippen molar-refractivity contribution in [3.8, 4) is 11.1 Å². The van der Waals surface area contributed by atoms with Gasteiger partial charge in [-0.1, -0.05) is 18.2 Å². The highest BCUT2D eigenvalue weighted by molar-refractivity contribution is 6.21. The number of imide groups is 1. The van der Waals surface area contributed by atoms with Crippen molar-refractivity contribution in [2.45, 2.75) is 46.2 Å². The van der Waals surface area contributed by atoms with Crippen molar-refractivity contribution in [1.82, 2.24) is 14.5 Å². The fourth-order valence-electron chi connectivity index (χ4n) is 5.45. The van der Waals surface area contributed by atoms with Gasteiger partial charge in [0, 0.05) is 23.3 Å². The molecule has 1 saturated carbocycles. The van der Waals surface area contributed by atoms with Gasteiger partial charge in [-0.2, -0.15) is 0 Å². The van der Waals surface area contributed by atoms with Crippen LogP contribution in [0, 0.1) is 13.8 Å². The lowest BCUT2D eigenvalue weighted by Gasteiger charge is -2.18. The number of hydrogen-bond donors (Lipinski definition) is 0. The van der Waals surface area contributed by atoms with Gasteiger partial charge in [0.1, 0.15) is 5.56 Å². The average Bonchev–Trinajstić information content (AvgIpc) is 3.73. The molecule has 2 aliphatic rings. The van der Waals surface area contributed by atoms with Crippen LogP contribution < -0.4 is 5.43 Å². The lowest BCUT2D eigenvalue weighted by molar-refractivity contribution is 0.0523. The van der Waals surface area contributed by atoms with Gasteiger partial charge in [0.15, 0.2) is 0 Å². The van der Waals surface area contributed by atoms with Crippen LogP contribution >= 0.6 is 0 Å². The lowest BCUT2D eigenvalue weighted by atomic mass is 9.96. The molecule has 1 aliphatic heterocycles. The standard InChI is InChI=1S/C31H27N3O5/c1-4-39-31(38)26-16-33(21-9-10-21)27-18(3)22(11-12-25(27)28(26)35)19-13-17(2)32-20(14-19)15-34-29(36)23-7-5-6-8-24(23)30(34)37/h5-8,11-14,16,21H,4,9-10,15H2,1-3H3. The number of fused-ring (bicyclic) bond motifs is 2. The van der Waals surface area contributed by atoms with Gasteiger partial charge in [-0.15, -0.1) is 0 Å². The predicted molar refractivity (Wildman–Crippen MR) is 146 cm³/mol. The molecule has 4 aromatic rings. The molecule has 1 aliphatic carbocycles. The Balaban J connectivity index is 1.43. The number of esters is 1. The number of carbonyl (C=O) groups excluding carboxylic acids is 3. The van der Waals surface area contributed by atoms with Crippen LogP contribution in [0.5, 0.6) is 0 Å². The summed E-state index contributed by atoms with van der Waals surface area (Å²) in [5.41, 5.74) is 5.34. The Hall–Kier alpha value is -4.59. The molecular weight excluding hydrogens is 494 g/mol. The summed E-state index contributed by atoms with van der Waals surface area (Å²) >= 11 is 0. The summed E-state index contributed by atoms with van der Waals surface area (Å²) in [6.07, 6.45) is 3.59. The summed E-state index contributed by atoms with van der Waals surface area (Å²) in [5, 5.41) is 0.478. The molecule has 0 saturated heterocycles. The molecule has 0 unspecified atom stereocenters. The zero-order valence-corrected chi connectivity index (χ0v) is 22.0. The topological polar surface area (TPSA) is 98.6 Å². The van der Waals surface area contributed by atoms with Crippen molar-refractivity contribution in [2.24, 2.45) is 0 Å². The number of pyridine rings is 2. The summed E-state index contributed by atoms with van der Waals surface area (Å²) in [6.45, 7) is 5.82. The Morgan fingerprint density at radius 1 is 0.974 bits per heavy atom. The Labute approximate surface area is 224 Å². The minimum atomic E-state index is -0.608. The van der Waals surface area contributed by atoms with E-state index in [1.54, 1.807) is 43.5 Å². The molecule has 0 N–H and O–H groups in total. The Bertz CT molecular complexity index is 1730. The molecule has 196 valence electrons. The van der Waals surface area contributed by atoms with E-state index in [9.17, 15) is 19.2 Å². The molecule has 39 heavy (non-hydrogen) atoms. The summed E-state index contributed by atoms with van der Waals surface area (Å²) in [6, 6.07) is 14.5. The van der Waals surface area contributed by atoms with Gasteiger partial charge in [-0.3, -0.25) is 24.3 Å². The first-order chi connectivity index (χ1) is 18.8. The van der Waals surface area contributed by atoms with Gasteiger partial charge >= 0.3 is 5.97 Å². The van der Waals surface area contributed by atoms with E-state index >= 15 is 0 Å². The summed E-state index contributed by atoms with van der Waals surface area (Å²) in [4.78, 5) is 57.5. The number of benzene rings is 2. The largest absolute Gasteiger partial charge is 0.462 e. The van der Waals surface area contributed by atoms with Crippen LogP contribution in [-0.4, -0.2) is 38.8 Å². The number of rotatable bonds is 6. The second kappa shape index (κ2) is 9.31. The third-order valence-corrected chi connectivity index (χ3v) is 7.40. The SMILES string of the molecule is CCOC(=O)c1cn(C2CC2)c2c(C)c(-c3cc(C)nc(CN4C(=O)c5ccccc5C4=O)c3)ccc2c1=O.